The summed E-state index contributed by atoms with van der Waals surface area (Å²) in [7, 11) is 0. The van der Waals surface area contributed by atoms with E-state index in [0.717, 1.165) is 22.7 Å². The molecule has 0 aliphatic heterocycles. The Morgan fingerprint density at radius 1 is 0.286 bits per heavy atom. The van der Waals surface area contributed by atoms with Crippen molar-refractivity contribution < 1.29 is 0 Å². The average molecular weight is 715 g/mol. The zero-order valence-electron chi connectivity index (χ0n) is 30.8. The molecule has 264 valence electrons. The quantitative estimate of drug-likeness (QED) is 0.152. The highest BCUT2D eigenvalue weighted by atomic mass is 15.1. The van der Waals surface area contributed by atoms with Crippen molar-refractivity contribution in [2.45, 2.75) is 0 Å². The van der Waals surface area contributed by atoms with Crippen LogP contribution in [-0.4, -0.2) is 4.57 Å². The number of rotatable bonds is 8. The molecule has 56 heavy (non-hydrogen) atoms. The van der Waals surface area contributed by atoms with Crippen LogP contribution in [0.1, 0.15) is 0 Å². The van der Waals surface area contributed by atoms with Gasteiger partial charge in [-0.2, -0.15) is 0 Å². The number of fused-ring (bicyclic) bond motifs is 3. The number of nitrogens with zero attached hydrogens (tertiary/aromatic N) is 2. The van der Waals surface area contributed by atoms with Gasteiger partial charge in [0.25, 0.3) is 0 Å². The van der Waals surface area contributed by atoms with E-state index in [1.165, 1.54) is 66.3 Å². The molecule has 0 atom stereocenters. The Kier molecular flexibility index (Phi) is 8.55. The van der Waals surface area contributed by atoms with Crippen molar-refractivity contribution in [3.8, 4) is 50.2 Å². The van der Waals surface area contributed by atoms with Gasteiger partial charge in [0.15, 0.2) is 0 Å². The Morgan fingerprint density at radius 2 is 0.732 bits per heavy atom. The van der Waals surface area contributed by atoms with Crippen LogP contribution in [0.25, 0.3) is 72.0 Å². The van der Waals surface area contributed by atoms with Crippen LogP contribution >= 0.6 is 0 Å². The van der Waals surface area contributed by atoms with Gasteiger partial charge in [-0.1, -0.05) is 176 Å². The van der Waals surface area contributed by atoms with Gasteiger partial charge in [-0.25, -0.2) is 0 Å². The SMILES string of the molecule is c1ccc(-c2ccc(N(c3ccccc3)c3ccccc3-c3ccc(-c4ccc5c6ccccc6n(-c6ccc(-c7ccccc7)cc6)c5c4)cc3)cc2)cc1. The van der Waals surface area contributed by atoms with Crippen molar-refractivity contribution in [2.75, 3.05) is 4.90 Å². The molecule has 0 spiro atoms. The zero-order valence-corrected chi connectivity index (χ0v) is 30.8. The zero-order chi connectivity index (χ0) is 37.3. The first-order valence-corrected chi connectivity index (χ1v) is 19.2. The van der Waals surface area contributed by atoms with Crippen molar-refractivity contribution in [2.24, 2.45) is 0 Å². The van der Waals surface area contributed by atoms with Crippen LogP contribution in [0.4, 0.5) is 17.1 Å². The molecule has 0 aliphatic rings. The normalized spacial score (nSPS) is 11.2. The number of hydrogen-bond donors (Lipinski definition) is 0. The number of para-hydroxylation sites is 3. The highest BCUT2D eigenvalue weighted by Gasteiger charge is 2.18. The van der Waals surface area contributed by atoms with E-state index in [1.807, 2.05) is 0 Å². The Morgan fingerprint density at radius 3 is 1.41 bits per heavy atom. The lowest BCUT2D eigenvalue weighted by molar-refractivity contribution is 1.18. The van der Waals surface area contributed by atoms with E-state index < -0.39 is 0 Å². The van der Waals surface area contributed by atoms with Crippen LogP contribution in [0.5, 0.6) is 0 Å². The van der Waals surface area contributed by atoms with Gasteiger partial charge in [0.05, 0.1) is 16.7 Å². The van der Waals surface area contributed by atoms with Gasteiger partial charge in [-0.3, -0.25) is 0 Å². The summed E-state index contributed by atoms with van der Waals surface area (Å²) in [6.45, 7) is 0. The molecule has 0 amide bonds. The smallest absolute Gasteiger partial charge is 0.0547 e. The number of anilines is 3. The summed E-state index contributed by atoms with van der Waals surface area (Å²) in [5, 5.41) is 2.51. The predicted molar refractivity (Wildman–Crippen MR) is 237 cm³/mol. The molecular formula is C54H38N2. The minimum absolute atomic E-state index is 1.11. The molecule has 2 nitrogen and oxygen atoms in total. The summed E-state index contributed by atoms with van der Waals surface area (Å²) in [5.74, 6) is 0. The first-order chi connectivity index (χ1) is 27.8. The third-order valence-corrected chi connectivity index (χ3v) is 10.8. The molecule has 0 saturated carbocycles. The van der Waals surface area contributed by atoms with Gasteiger partial charge < -0.3 is 9.47 Å². The van der Waals surface area contributed by atoms with E-state index >= 15 is 0 Å². The highest BCUT2D eigenvalue weighted by molar-refractivity contribution is 6.10. The summed E-state index contributed by atoms with van der Waals surface area (Å²) in [6.07, 6.45) is 0. The van der Waals surface area contributed by atoms with E-state index in [4.69, 9.17) is 0 Å². The van der Waals surface area contributed by atoms with E-state index in [0.29, 0.717) is 0 Å². The van der Waals surface area contributed by atoms with Crippen molar-refractivity contribution in [3.05, 3.63) is 231 Å². The fourth-order valence-electron chi connectivity index (χ4n) is 8.05. The average Bonchev–Trinajstić information content (AvgIpc) is 3.62. The Balaban J connectivity index is 1.02. The summed E-state index contributed by atoms with van der Waals surface area (Å²) in [6, 6.07) is 82.9. The lowest BCUT2D eigenvalue weighted by Gasteiger charge is -2.28. The molecule has 1 aromatic heterocycles. The minimum atomic E-state index is 1.11. The first kappa shape index (κ1) is 33.2. The van der Waals surface area contributed by atoms with Crippen LogP contribution in [0.3, 0.4) is 0 Å². The lowest BCUT2D eigenvalue weighted by atomic mass is 9.97. The van der Waals surface area contributed by atoms with Crippen LogP contribution in [0.2, 0.25) is 0 Å². The van der Waals surface area contributed by atoms with Gasteiger partial charge in [-0.05, 0) is 93.5 Å². The Bertz CT molecular complexity index is 2910. The standard InChI is InChI=1S/C54H38N2/c1-4-14-39(15-5-1)41-28-33-47(34-29-41)55(46-18-8-3-9-19-46)52-22-12-10-20-49(52)44-26-24-43(25-27-44)45-32-37-51-50-21-11-13-23-53(50)56(54(51)38-45)48-35-30-42(31-36-48)40-16-6-2-7-17-40/h1-38H. The lowest BCUT2D eigenvalue weighted by Crippen LogP contribution is -2.11. The Hall–Kier alpha value is -7.42. The van der Waals surface area contributed by atoms with E-state index in [1.54, 1.807) is 0 Å². The molecule has 10 rings (SSSR count). The summed E-state index contributed by atoms with van der Waals surface area (Å²) in [5.41, 5.74) is 16.5. The van der Waals surface area contributed by atoms with Crippen molar-refractivity contribution in [1.29, 1.82) is 0 Å². The molecule has 10 aromatic rings. The van der Waals surface area contributed by atoms with Gasteiger partial charge in [0.2, 0.25) is 0 Å². The van der Waals surface area contributed by atoms with Crippen molar-refractivity contribution in [3.63, 3.8) is 0 Å². The summed E-state index contributed by atoms with van der Waals surface area (Å²) in [4.78, 5) is 2.36. The topological polar surface area (TPSA) is 8.17 Å². The second kappa shape index (κ2) is 14.4. The largest absolute Gasteiger partial charge is 0.310 e. The Labute approximate surface area is 327 Å². The second-order valence-electron chi connectivity index (χ2n) is 14.2. The van der Waals surface area contributed by atoms with Crippen LogP contribution in [0.15, 0.2) is 231 Å². The number of benzene rings is 9. The fraction of sp³-hybridized carbons (Fsp3) is 0. The number of aromatic nitrogens is 1. The van der Waals surface area contributed by atoms with Crippen LogP contribution in [0, 0.1) is 0 Å². The van der Waals surface area contributed by atoms with Crippen molar-refractivity contribution >= 4 is 38.9 Å². The molecule has 0 fully saturated rings. The fourth-order valence-corrected chi connectivity index (χ4v) is 8.05. The molecule has 0 bridgehead atoms. The molecular weight excluding hydrogens is 677 g/mol. The van der Waals surface area contributed by atoms with E-state index in [2.05, 4.69) is 240 Å². The van der Waals surface area contributed by atoms with Gasteiger partial charge in [0, 0.05) is 33.4 Å². The van der Waals surface area contributed by atoms with Gasteiger partial charge in [0.1, 0.15) is 0 Å². The highest BCUT2D eigenvalue weighted by Crippen LogP contribution is 2.42. The number of hydrogen-bond acceptors (Lipinski definition) is 1. The maximum Gasteiger partial charge on any atom is 0.0547 e. The van der Waals surface area contributed by atoms with Gasteiger partial charge >= 0.3 is 0 Å². The molecule has 0 N–H and O–H groups in total. The maximum atomic E-state index is 2.40. The van der Waals surface area contributed by atoms with Crippen molar-refractivity contribution in [1.82, 2.24) is 4.57 Å². The molecule has 0 saturated heterocycles. The maximum absolute atomic E-state index is 2.40. The molecule has 9 aromatic carbocycles. The molecule has 0 radical (unpaired) electrons. The van der Waals surface area contributed by atoms with E-state index in [9.17, 15) is 0 Å². The van der Waals surface area contributed by atoms with E-state index in [-0.39, 0.29) is 0 Å². The third kappa shape index (κ3) is 6.14. The van der Waals surface area contributed by atoms with Gasteiger partial charge in [-0.15, -0.1) is 0 Å². The summed E-state index contributed by atoms with van der Waals surface area (Å²) < 4.78 is 2.40. The molecule has 1 heterocycles. The minimum Gasteiger partial charge on any atom is -0.310 e. The molecule has 0 unspecified atom stereocenters. The third-order valence-electron chi connectivity index (χ3n) is 10.8. The first-order valence-electron chi connectivity index (χ1n) is 19.2. The predicted octanol–water partition coefficient (Wildman–Crippen LogP) is 14.9. The van der Waals surface area contributed by atoms with Crippen LogP contribution < -0.4 is 4.90 Å². The second-order valence-corrected chi connectivity index (χ2v) is 14.2. The van der Waals surface area contributed by atoms with Crippen LogP contribution in [-0.2, 0) is 0 Å². The molecule has 2 heteroatoms. The molecule has 0 aliphatic carbocycles. The summed E-state index contributed by atoms with van der Waals surface area (Å²) >= 11 is 0. The monoisotopic (exact) mass is 714 g/mol.